The van der Waals surface area contributed by atoms with Crippen LogP contribution in [0.3, 0.4) is 0 Å². The monoisotopic (exact) mass is 285 g/mol. The summed E-state index contributed by atoms with van der Waals surface area (Å²) in [5.74, 6) is 0.782. The summed E-state index contributed by atoms with van der Waals surface area (Å²) in [6.07, 6.45) is 1.76. The fourth-order valence-corrected chi connectivity index (χ4v) is 3.09. The summed E-state index contributed by atoms with van der Waals surface area (Å²) in [6.45, 7) is 2.13. The Morgan fingerprint density at radius 2 is 2.05 bits per heavy atom. The molecule has 2 atom stereocenters. The predicted molar refractivity (Wildman–Crippen MR) is 82.0 cm³/mol. The van der Waals surface area contributed by atoms with Gasteiger partial charge in [-0.1, -0.05) is 24.3 Å². The van der Waals surface area contributed by atoms with Crippen molar-refractivity contribution in [2.45, 2.75) is 31.8 Å². The van der Waals surface area contributed by atoms with Crippen LogP contribution in [-0.4, -0.2) is 7.11 Å². The van der Waals surface area contributed by atoms with Crippen LogP contribution in [-0.2, 0) is 6.42 Å². The molecule has 0 fully saturated rings. The largest absolute Gasteiger partial charge is 0.497 e. The van der Waals surface area contributed by atoms with E-state index < -0.39 is 0 Å². The van der Waals surface area contributed by atoms with Crippen LogP contribution in [0.1, 0.15) is 42.1 Å². The van der Waals surface area contributed by atoms with Gasteiger partial charge in [0.1, 0.15) is 11.6 Å². The summed E-state index contributed by atoms with van der Waals surface area (Å²) in [5.41, 5.74) is 3.15. The number of nitrogens with one attached hydrogen (secondary N) is 1. The van der Waals surface area contributed by atoms with Gasteiger partial charge in [0.15, 0.2) is 0 Å². The first-order valence-electron chi connectivity index (χ1n) is 7.36. The van der Waals surface area contributed by atoms with Gasteiger partial charge < -0.3 is 10.1 Å². The Morgan fingerprint density at radius 1 is 1.24 bits per heavy atom. The Labute approximate surface area is 125 Å². The lowest BCUT2D eigenvalue weighted by Crippen LogP contribution is -2.23. The molecule has 1 aliphatic carbocycles. The number of rotatable bonds is 4. The molecule has 3 rings (SSSR count). The van der Waals surface area contributed by atoms with Gasteiger partial charge in [0, 0.05) is 12.1 Å². The number of hydrogen-bond donors (Lipinski definition) is 1. The highest BCUT2D eigenvalue weighted by Gasteiger charge is 2.25. The Kier molecular flexibility index (Phi) is 3.93. The Morgan fingerprint density at radius 3 is 2.86 bits per heavy atom. The highest BCUT2D eigenvalue weighted by molar-refractivity contribution is 5.36. The smallest absolute Gasteiger partial charge is 0.126 e. The molecule has 0 heterocycles. The average molecular weight is 285 g/mol. The van der Waals surface area contributed by atoms with E-state index in [-0.39, 0.29) is 17.9 Å². The second-order valence-corrected chi connectivity index (χ2v) is 5.56. The highest BCUT2D eigenvalue weighted by atomic mass is 19.1. The van der Waals surface area contributed by atoms with Crippen LogP contribution < -0.4 is 10.1 Å². The topological polar surface area (TPSA) is 21.3 Å². The molecule has 0 aliphatic heterocycles. The molecule has 110 valence electrons. The van der Waals surface area contributed by atoms with Gasteiger partial charge in [0.25, 0.3) is 0 Å². The third-order valence-corrected chi connectivity index (χ3v) is 4.26. The SMILES string of the molecule is COc1cccc(C(C)NC2CCc3c(F)cccc32)c1. The van der Waals surface area contributed by atoms with Gasteiger partial charge >= 0.3 is 0 Å². The molecule has 0 aromatic heterocycles. The number of methoxy groups -OCH3 is 1. The van der Waals surface area contributed by atoms with Gasteiger partial charge in [-0.05, 0) is 54.7 Å². The molecule has 2 nitrogen and oxygen atoms in total. The van der Waals surface area contributed by atoms with Crippen LogP contribution in [0, 0.1) is 5.82 Å². The standard InChI is InChI=1S/C18H20FNO/c1-12(13-5-3-6-14(11-13)21-2)20-18-10-9-15-16(18)7-4-8-17(15)19/h3-8,11-12,18,20H,9-10H2,1-2H3. The summed E-state index contributed by atoms with van der Waals surface area (Å²) in [7, 11) is 1.67. The number of hydrogen-bond acceptors (Lipinski definition) is 2. The van der Waals surface area contributed by atoms with Gasteiger partial charge in [-0.3, -0.25) is 0 Å². The molecule has 2 aromatic rings. The molecule has 21 heavy (non-hydrogen) atoms. The molecule has 1 aliphatic rings. The summed E-state index contributed by atoms with van der Waals surface area (Å²) >= 11 is 0. The first-order valence-corrected chi connectivity index (χ1v) is 7.36. The van der Waals surface area contributed by atoms with E-state index in [1.54, 1.807) is 19.2 Å². The Balaban J connectivity index is 1.77. The van der Waals surface area contributed by atoms with Gasteiger partial charge in [0.05, 0.1) is 7.11 Å². The lowest BCUT2D eigenvalue weighted by molar-refractivity contribution is 0.411. The molecule has 0 amide bonds. The van der Waals surface area contributed by atoms with E-state index in [1.165, 1.54) is 5.56 Å². The van der Waals surface area contributed by atoms with E-state index in [1.807, 2.05) is 24.3 Å². The fraction of sp³-hybridized carbons (Fsp3) is 0.333. The van der Waals surface area contributed by atoms with Crippen molar-refractivity contribution in [3.05, 3.63) is 65.0 Å². The van der Waals surface area contributed by atoms with Crippen molar-refractivity contribution in [3.8, 4) is 5.75 Å². The maximum absolute atomic E-state index is 13.8. The van der Waals surface area contributed by atoms with Crippen LogP contribution in [0.5, 0.6) is 5.75 Å². The molecule has 0 saturated heterocycles. The lowest BCUT2D eigenvalue weighted by Gasteiger charge is -2.21. The van der Waals surface area contributed by atoms with Crippen molar-refractivity contribution in [1.29, 1.82) is 0 Å². The minimum atomic E-state index is -0.0779. The fourth-order valence-electron chi connectivity index (χ4n) is 3.09. The van der Waals surface area contributed by atoms with E-state index in [0.29, 0.717) is 0 Å². The number of ether oxygens (including phenoxy) is 1. The zero-order chi connectivity index (χ0) is 14.8. The maximum Gasteiger partial charge on any atom is 0.126 e. The minimum Gasteiger partial charge on any atom is -0.497 e. The van der Waals surface area contributed by atoms with Crippen molar-refractivity contribution in [2.24, 2.45) is 0 Å². The van der Waals surface area contributed by atoms with Crippen LogP contribution in [0.25, 0.3) is 0 Å². The van der Waals surface area contributed by atoms with E-state index in [4.69, 9.17) is 4.74 Å². The van der Waals surface area contributed by atoms with Crippen molar-refractivity contribution >= 4 is 0 Å². The summed E-state index contributed by atoms with van der Waals surface area (Å²) < 4.78 is 19.0. The zero-order valence-corrected chi connectivity index (χ0v) is 12.4. The van der Waals surface area contributed by atoms with E-state index >= 15 is 0 Å². The Bertz CT molecular complexity index is 641. The molecule has 3 heteroatoms. The second kappa shape index (κ2) is 5.86. The summed E-state index contributed by atoms with van der Waals surface area (Å²) in [4.78, 5) is 0. The predicted octanol–water partition coefficient (Wildman–Crippen LogP) is 4.17. The molecule has 2 aromatic carbocycles. The minimum absolute atomic E-state index is 0.0779. The Hall–Kier alpha value is -1.87. The summed E-state index contributed by atoms with van der Waals surface area (Å²) in [6, 6.07) is 13.8. The van der Waals surface area contributed by atoms with Crippen molar-refractivity contribution < 1.29 is 9.13 Å². The molecule has 2 unspecified atom stereocenters. The molecular weight excluding hydrogens is 265 g/mol. The second-order valence-electron chi connectivity index (χ2n) is 5.56. The molecule has 1 N–H and O–H groups in total. The van der Waals surface area contributed by atoms with Crippen molar-refractivity contribution in [2.75, 3.05) is 7.11 Å². The van der Waals surface area contributed by atoms with E-state index in [2.05, 4.69) is 18.3 Å². The summed E-state index contributed by atoms with van der Waals surface area (Å²) in [5, 5.41) is 3.61. The van der Waals surface area contributed by atoms with E-state index in [0.717, 1.165) is 29.7 Å². The van der Waals surface area contributed by atoms with Crippen LogP contribution >= 0.6 is 0 Å². The third kappa shape index (κ3) is 2.79. The van der Waals surface area contributed by atoms with Gasteiger partial charge in [-0.2, -0.15) is 0 Å². The number of halogens is 1. The van der Waals surface area contributed by atoms with Crippen LogP contribution in [0.15, 0.2) is 42.5 Å². The molecule has 0 spiro atoms. The number of benzene rings is 2. The maximum atomic E-state index is 13.8. The molecular formula is C18H20FNO. The van der Waals surface area contributed by atoms with Gasteiger partial charge in [-0.25, -0.2) is 4.39 Å². The first-order chi connectivity index (χ1) is 10.2. The highest BCUT2D eigenvalue weighted by Crippen LogP contribution is 2.34. The lowest BCUT2D eigenvalue weighted by atomic mass is 10.0. The normalized spacial score (nSPS) is 18.3. The van der Waals surface area contributed by atoms with Crippen molar-refractivity contribution in [1.82, 2.24) is 5.32 Å². The van der Waals surface area contributed by atoms with Crippen LogP contribution in [0.2, 0.25) is 0 Å². The third-order valence-electron chi connectivity index (χ3n) is 4.26. The van der Waals surface area contributed by atoms with Gasteiger partial charge in [0.2, 0.25) is 0 Å². The van der Waals surface area contributed by atoms with Crippen LogP contribution in [0.4, 0.5) is 4.39 Å². The van der Waals surface area contributed by atoms with Crippen molar-refractivity contribution in [3.63, 3.8) is 0 Å². The molecule has 0 bridgehead atoms. The molecule has 0 radical (unpaired) electrons. The molecule has 0 saturated carbocycles. The number of fused-ring (bicyclic) bond motifs is 1. The first kappa shape index (κ1) is 14.1. The zero-order valence-electron chi connectivity index (χ0n) is 12.4. The average Bonchev–Trinajstić information content (AvgIpc) is 2.92. The quantitative estimate of drug-likeness (QED) is 0.910. The van der Waals surface area contributed by atoms with Gasteiger partial charge in [-0.15, -0.1) is 0 Å². The van der Waals surface area contributed by atoms with E-state index in [9.17, 15) is 4.39 Å².